The lowest BCUT2D eigenvalue weighted by molar-refractivity contribution is 0.425. The molecule has 4 heteroatoms. The van der Waals surface area contributed by atoms with Gasteiger partial charge in [-0.3, -0.25) is 0 Å². The third-order valence-electron chi connectivity index (χ3n) is 2.07. The van der Waals surface area contributed by atoms with E-state index in [1.165, 1.54) is 6.20 Å². The van der Waals surface area contributed by atoms with Crippen molar-refractivity contribution < 1.29 is 9.13 Å². The Morgan fingerprint density at radius 3 is 2.75 bits per heavy atom. The van der Waals surface area contributed by atoms with E-state index in [-0.39, 0.29) is 11.6 Å². The van der Waals surface area contributed by atoms with Gasteiger partial charge in [0.1, 0.15) is 0 Å². The highest BCUT2D eigenvalue weighted by molar-refractivity contribution is 6.30. The molecule has 0 aliphatic carbocycles. The molecule has 0 spiro atoms. The topological polar surface area (TPSA) is 22.1 Å². The van der Waals surface area contributed by atoms with Crippen LogP contribution in [0.15, 0.2) is 36.5 Å². The van der Waals surface area contributed by atoms with Crippen LogP contribution in [-0.2, 0) is 0 Å². The summed E-state index contributed by atoms with van der Waals surface area (Å²) in [7, 11) is 0. The largest absolute Gasteiger partial charge is 0.436 e. The molecule has 0 bridgehead atoms. The summed E-state index contributed by atoms with van der Waals surface area (Å²) in [5.74, 6) is 0.1000. The van der Waals surface area contributed by atoms with Gasteiger partial charge in [-0.15, -0.1) is 0 Å². The van der Waals surface area contributed by atoms with Gasteiger partial charge in [-0.2, -0.15) is 0 Å². The Morgan fingerprint density at radius 1 is 1.25 bits per heavy atom. The zero-order valence-corrected chi connectivity index (χ0v) is 9.33. The van der Waals surface area contributed by atoms with Crippen LogP contribution in [0.3, 0.4) is 0 Å². The predicted molar refractivity (Wildman–Crippen MR) is 60.5 cm³/mol. The van der Waals surface area contributed by atoms with E-state index in [2.05, 4.69) is 4.98 Å². The minimum Gasteiger partial charge on any atom is -0.436 e. The van der Waals surface area contributed by atoms with Crippen LogP contribution in [0.5, 0.6) is 11.6 Å². The molecule has 0 amide bonds. The highest BCUT2D eigenvalue weighted by Gasteiger charge is 2.07. The zero-order valence-electron chi connectivity index (χ0n) is 8.58. The van der Waals surface area contributed by atoms with E-state index in [9.17, 15) is 4.39 Å². The Balaban J connectivity index is 2.27. The number of ether oxygens (including phenoxy) is 1. The summed E-state index contributed by atoms with van der Waals surface area (Å²) in [6, 6.07) is 8.18. The normalized spacial score (nSPS) is 10.2. The Bertz CT molecular complexity index is 499. The van der Waals surface area contributed by atoms with E-state index in [0.29, 0.717) is 16.5 Å². The molecule has 0 fully saturated rings. The lowest BCUT2D eigenvalue weighted by Gasteiger charge is -2.06. The molecule has 2 rings (SSSR count). The van der Waals surface area contributed by atoms with Gasteiger partial charge < -0.3 is 4.74 Å². The van der Waals surface area contributed by atoms with Crippen LogP contribution in [0.1, 0.15) is 5.56 Å². The summed E-state index contributed by atoms with van der Waals surface area (Å²) >= 11 is 5.68. The first-order chi connectivity index (χ1) is 7.66. The van der Waals surface area contributed by atoms with E-state index in [1.54, 1.807) is 37.3 Å². The Morgan fingerprint density at radius 2 is 2.06 bits per heavy atom. The number of hydrogen-bond acceptors (Lipinski definition) is 2. The molecule has 0 radical (unpaired) electrons. The van der Waals surface area contributed by atoms with Gasteiger partial charge in [0.05, 0.1) is 5.02 Å². The van der Waals surface area contributed by atoms with E-state index >= 15 is 0 Å². The van der Waals surface area contributed by atoms with E-state index < -0.39 is 0 Å². The van der Waals surface area contributed by atoms with Gasteiger partial charge in [-0.25, -0.2) is 9.37 Å². The average Bonchev–Trinajstić information content (AvgIpc) is 2.28. The quantitative estimate of drug-likeness (QED) is 0.788. The smallest absolute Gasteiger partial charge is 0.219 e. The fourth-order valence-electron chi connectivity index (χ4n) is 1.23. The SMILES string of the molecule is Cc1cccc(Oc2ccc(Cl)cn2)c1F. The molecule has 0 unspecified atom stereocenters. The van der Waals surface area contributed by atoms with E-state index in [0.717, 1.165) is 0 Å². The maximum absolute atomic E-state index is 13.6. The van der Waals surface area contributed by atoms with Crippen molar-refractivity contribution in [3.8, 4) is 11.6 Å². The van der Waals surface area contributed by atoms with Crippen LogP contribution in [0.25, 0.3) is 0 Å². The highest BCUT2D eigenvalue weighted by atomic mass is 35.5. The molecular formula is C12H9ClFNO. The monoisotopic (exact) mass is 237 g/mol. The van der Waals surface area contributed by atoms with Crippen molar-refractivity contribution in [1.82, 2.24) is 4.98 Å². The molecule has 2 aromatic rings. The Labute approximate surface area is 97.7 Å². The maximum Gasteiger partial charge on any atom is 0.219 e. The van der Waals surface area contributed by atoms with Crippen molar-refractivity contribution >= 4 is 11.6 Å². The molecule has 1 aromatic heterocycles. The number of hydrogen-bond donors (Lipinski definition) is 0. The lowest BCUT2D eigenvalue weighted by Crippen LogP contribution is -1.92. The van der Waals surface area contributed by atoms with Crippen molar-refractivity contribution in [3.05, 3.63) is 52.9 Å². The molecule has 0 saturated carbocycles. The van der Waals surface area contributed by atoms with E-state index in [1.807, 2.05) is 0 Å². The zero-order chi connectivity index (χ0) is 11.5. The molecule has 0 N–H and O–H groups in total. The first-order valence-electron chi connectivity index (χ1n) is 4.71. The number of benzene rings is 1. The van der Waals surface area contributed by atoms with Gasteiger partial charge in [-0.1, -0.05) is 23.7 Å². The molecule has 0 atom stereocenters. The average molecular weight is 238 g/mol. The fourth-order valence-corrected chi connectivity index (χ4v) is 1.35. The predicted octanol–water partition coefficient (Wildman–Crippen LogP) is 3.97. The molecule has 2 nitrogen and oxygen atoms in total. The van der Waals surface area contributed by atoms with Crippen LogP contribution in [0.2, 0.25) is 5.02 Å². The minimum atomic E-state index is -0.376. The molecule has 1 heterocycles. The third kappa shape index (κ3) is 2.31. The number of aromatic nitrogens is 1. The second kappa shape index (κ2) is 4.49. The number of nitrogens with zero attached hydrogens (tertiary/aromatic N) is 1. The highest BCUT2D eigenvalue weighted by Crippen LogP contribution is 2.25. The molecular weight excluding hydrogens is 229 g/mol. The number of halogens is 2. The Hall–Kier alpha value is -1.61. The molecule has 0 aliphatic rings. The van der Waals surface area contributed by atoms with E-state index in [4.69, 9.17) is 16.3 Å². The first-order valence-corrected chi connectivity index (χ1v) is 5.09. The van der Waals surface area contributed by atoms with Crippen molar-refractivity contribution in [2.45, 2.75) is 6.92 Å². The maximum atomic E-state index is 13.6. The van der Waals surface area contributed by atoms with Crippen LogP contribution in [-0.4, -0.2) is 4.98 Å². The Kier molecular flexibility index (Phi) is 3.06. The van der Waals surface area contributed by atoms with Crippen LogP contribution < -0.4 is 4.74 Å². The molecule has 0 saturated heterocycles. The summed E-state index contributed by atoms with van der Waals surface area (Å²) in [6.45, 7) is 1.68. The summed E-state index contributed by atoms with van der Waals surface area (Å²) in [4.78, 5) is 3.92. The van der Waals surface area contributed by atoms with Crippen LogP contribution in [0.4, 0.5) is 4.39 Å². The fraction of sp³-hybridized carbons (Fsp3) is 0.0833. The van der Waals surface area contributed by atoms with Crippen molar-refractivity contribution in [2.75, 3.05) is 0 Å². The second-order valence-electron chi connectivity index (χ2n) is 3.30. The first kappa shape index (κ1) is 10.9. The van der Waals surface area contributed by atoms with Gasteiger partial charge in [0.15, 0.2) is 11.6 Å². The van der Waals surface area contributed by atoms with Gasteiger partial charge in [0, 0.05) is 12.3 Å². The van der Waals surface area contributed by atoms with Gasteiger partial charge >= 0.3 is 0 Å². The summed E-state index contributed by atoms with van der Waals surface area (Å²) < 4.78 is 18.9. The van der Waals surface area contributed by atoms with Crippen LogP contribution >= 0.6 is 11.6 Å². The lowest BCUT2D eigenvalue weighted by atomic mass is 10.2. The minimum absolute atomic E-state index is 0.162. The van der Waals surface area contributed by atoms with Crippen molar-refractivity contribution in [1.29, 1.82) is 0 Å². The number of rotatable bonds is 2. The van der Waals surface area contributed by atoms with Gasteiger partial charge in [0.2, 0.25) is 5.88 Å². The third-order valence-corrected chi connectivity index (χ3v) is 2.29. The van der Waals surface area contributed by atoms with Crippen molar-refractivity contribution in [2.24, 2.45) is 0 Å². The van der Waals surface area contributed by atoms with Crippen molar-refractivity contribution in [3.63, 3.8) is 0 Å². The summed E-state index contributed by atoms with van der Waals surface area (Å²) in [5.41, 5.74) is 0.534. The molecule has 82 valence electrons. The number of pyridine rings is 1. The second-order valence-corrected chi connectivity index (χ2v) is 3.74. The van der Waals surface area contributed by atoms with Gasteiger partial charge in [0.25, 0.3) is 0 Å². The van der Waals surface area contributed by atoms with Crippen LogP contribution in [0, 0.1) is 12.7 Å². The van der Waals surface area contributed by atoms with Gasteiger partial charge in [-0.05, 0) is 24.6 Å². The number of aryl methyl sites for hydroxylation is 1. The molecule has 1 aromatic carbocycles. The molecule has 0 aliphatic heterocycles. The summed E-state index contributed by atoms with van der Waals surface area (Å²) in [6.07, 6.45) is 1.45. The summed E-state index contributed by atoms with van der Waals surface area (Å²) in [5, 5.41) is 0.511. The standard InChI is InChI=1S/C12H9ClFNO/c1-8-3-2-4-10(12(8)14)16-11-6-5-9(13)7-15-11/h2-7H,1H3. The molecule has 16 heavy (non-hydrogen) atoms.